The summed E-state index contributed by atoms with van der Waals surface area (Å²) in [6, 6.07) is 0. The Morgan fingerprint density at radius 3 is 1.94 bits per heavy atom. The minimum Gasteiger partial charge on any atom is -0.315 e. The molecular weight excluding hydrogens is 270 g/mol. The Morgan fingerprint density at radius 1 is 1.11 bits per heavy atom. The van der Waals surface area contributed by atoms with Gasteiger partial charge >= 0.3 is 0 Å². The second-order valence-electron chi connectivity index (χ2n) is 5.95. The molecule has 5 heteroatoms. The van der Waals surface area contributed by atoms with E-state index in [-0.39, 0.29) is 11.2 Å². The molecule has 0 saturated heterocycles. The number of alkyl halides is 1. The summed E-state index contributed by atoms with van der Waals surface area (Å²) in [5, 5.41) is 3.24. The van der Waals surface area contributed by atoms with Crippen molar-refractivity contribution < 1.29 is 8.42 Å². The Morgan fingerprint density at radius 2 is 1.61 bits per heavy atom. The summed E-state index contributed by atoms with van der Waals surface area (Å²) in [5.41, 5.74) is 0.0903. The number of nitrogens with one attached hydrogen (secondary N) is 1. The van der Waals surface area contributed by atoms with E-state index in [4.69, 9.17) is 11.6 Å². The van der Waals surface area contributed by atoms with Crippen molar-refractivity contribution in [2.24, 2.45) is 5.41 Å². The molecule has 0 aromatic carbocycles. The molecule has 0 aliphatic heterocycles. The van der Waals surface area contributed by atoms with E-state index in [9.17, 15) is 8.42 Å². The Hall–Kier alpha value is 0.200. The molecule has 3 nitrogen and oxygen atoms in total. The molecule has 0 fully saturated rings. The van der Waals surface area contributed by atoms with Gasteiger partial charge in [0.1, 0.15) is 0 Å². The molecule has 18 heavy (non-hydrogen) atoms. The molecule has 0 bridgehead atoms. The largest absolute Gasteiger partial charge is 0.315 e. The summed E-state index contributed by atoms with van der Waals surface area (Å²) >= 11 is 6.01. The topological polar surface area (TPSA) is 46.2 Å². The predicted molar refractivity (Wildman–Crippen MR) is 80.1 cm³/mol. The first-order chi connectivity index (χ1) is 8.14. The fraction of sp³-hybridized carbons (Fsp3) is 1.00. The van der Waals surface area contributed by atoms with E-state index < -0.39 is 14.6 Å². The third kappa shape index (κ3) is 5.06. The van der Waals surface area contributed by atoms with Crippen LogP contribution in [0, 0.1) is 5.41 Å². The predicted octanol–water partition coefficient (Wildman–Crippen LogP) is 2.83. The van der Waals surface area contributed by atoms with Crippen molar-refractivity contribution in [1.29, 1.82) is 0 Å². The van der Waals surface area contributed by atoms with Crippen LogP contribution in [0.1, 0.15) is 47.5 Å². The highest BCUT2D eigenvalue weighted by molar-refractivity contribution is 7.92. The zero-order valence-electron chi connectivity index (χ0n) is 12.3. The maximum atomic E-state index is 11.9. The van der Waals surface area contributed by atoms with E-state index in [2.05, 4.69) is 19.2 Å². The van der Waals surface area contributed by atoms with Gasteiger partial charge in [0.15, 0.2) is 9.84 Å². The van der Waals surface area contributed by atoms with Gasteiger partial charge < -0.3 is 5.32 Å². The summed E-state index contributed by atoms with van der Waals surface area (Å²) < 4.78 is 23.2. The van der Waals surface area contributed by atoms with E-state index in [1.54, 1.807) is 20.8 Å². The number of sulfone groups is 1. The van der Waals surface area contributed by atoms with Crippen LogP contribution in [0.2, 0.25) is 0 Å². The minimum atomic E-state index is -3.03. The van der Waals surface area contributed by atoms with Crippen molar-refractivity contribution in [2.75, 3.05) is 24.7 Å². The van der Waals surface area contributed by atoms with Crippen LogP contribution in [0.25, 0.3) is 0 Å². The van der Waals surface area contributed by atoms with Crippen LogP contribution in [-0.4, -0.2) is 37.9 Å². The number of halogens is 1. The van der Waals surface area contributed by atoms with E-state index in [0.717, 1.165) is 19.4 Å². The van der Waals surface area contributed by atoms with Crippen molar-refractivity contribution in [3.8, 4) is 0 Å². The molecule has 0 unspecified atom stereocenters. The standard InChI is InChI=1S/C13H28ClNO2S/c1-6-13(7-2,10-14)11-15-8-9-18(16,17)12(3,4)5/h15H,6-11H2,1-5H3. The molecule has 0 heterocycles. The molecular formula is C13H28ClNO2S. The zero-order valence-corrected chi connectivity index (χ0v) is 13.9. The summed E-state index contributed by atoms with van der Waals surface area (Å²) in [5.74, 6) is 0.793. The third-order valence-electron chi connectivity index (χ3n) is 3.76. The van der Waals surface area contributed by atoms with Crippen LogP contribution in [0.4, 0.5) is 0 Å². The molecule has 0 saturated carbocycles. The average Bonchev–Trinajstić information content (AvgIpc) is 2.29. The summed E-state index contributed by atoms with van der Waals surface area (Å²) in [4.78, 5) is 0. The van der Waals surface area contributed by atoms with Gasteiger partial charge in [0.25, 0.3) is 0 Å². The first-order valence-electron chi connectivity index (χ1n) is 6.63. The summed E-state index contributed by atoms with van der Waals surface area (Å²) in [6.45, 7) is 10.7. The van der Waals surface area contributed by atoms with Gasteiger partial charge in [-0.15, -0.1) is 11.6 Å². The molecule has 0 atom stereocenters. The number of hydrogen-bond acceptors (Lipinski definition) is 3. The molecule has 0 radical (unpaired) electrons. The van der Waals surface area contributed by atoms with Crippen molar-refractivity contribution in [3.05, 3.63) is 0 Å². The number of rotatable bonds is 8. The number of hydrogen-bond donors (Lipinski definition) is 1. The molecule has 0 aromatic rings. The van der Waals surface area contributed by atoms with Crippen molar-refractivity contribution >= 4 is 21.4 Å². The van der Waals surface area contributed by atoms with Crippen LogP contribution in [0.3, 0.4) is 0 Å². The quantitative estimate of drug-likeness (QED) is 0.553. The average molecular weight is 298 g/mol. The van der Waals surface area contributed by atoms with E-state index >= 15 is 0 Å². The van der Waals surface area contributed by atoms with Crippen molar-refractivity contribution in [1.82, 2.24) is 5.32 Å². The molecule has 0 spiro atoms. The highest BCUT2D eigenvalue weighted by atomic mass is 35.5. The van der Waals surface area contributed by atoms with Crippen molar-refractivity contribution in [3.63, 3.8) is 0 Å². The molecule has 0 amide bonds. The van der Waals surface area contributed by atoms with E-state index in [0.29, 0.717) is 12.4 Å². The first kappa shape index (κ1) is 18.2. The fourth-order valence-electron chi connectivity index (χ4n) is 1.60. The third-order valence-corrected chi connectivity index (χ3v) is 6.94. The van der Waals surface area contributed by atoms with Gasteiger partial charge in [0.2, 0.25) is 0 Å². The fourth-order valence-corrected chi connectivity index (χ4v) is 3.10. The summed E-state index contributed by atoms with van der Waals surface area (Å²) in [7, 11) is -3.03. The Balaban J connectivity index is 4.23. The Labute approximate surface area is 118 Å². The lowest BCUT2D eigenvalue weighted by molar-refractivity contribution is 0.289. The Kier molecular flexibility index (Phi) is 7.19. The highest BCUT2D eigenvalue weighted by Gasteiger charge is 2.29. The van der Waals surface area contributed by atoms with Gasteiger partial charge in [-0.2, -0.15) is 0 Å². The lowest BCUT2D eigenvalue weighted by Gasteiger charge is -2.29. The lowest BCUT2D eigenvalue weighted by atomic mass is 9.84. The van der Waals surface area contributed by atoms with Crippen LogP contribution >= 0.6 is 11.6 Å². The van der Waals surface area contributed by atoms with E-state index in [1.165, 1.54) is 0 Å². The summed E-state index contributed by atoms with van der Waals surface area (Å²) in [6.07, 6.45) is 2.01. The van der Waals surface area contributed by atoms with Crippen LogP contribution in [-0.2, 0) is 9.84 Å². The maximum Gasteiger partial charge on any atom is 0.156 e. The zero-order chi connectivity index (χ0) is 14.4. The van der Waals surface area contributed by atoms with Gasteiger partial charge in [-0.1, -0.05) is 13.8 Å². The van der Waals surface area contributed by atoms with Gasteiger partial charge in [0.05, 0.1) is 10.5 Å². The first-order valence-corrected chi connectivity index (χ1v) is 8.82. The molecule has 0 aliphatic carbocycles. The Bertz CT molecular complexity index is 321. The molecule has 110 valence electrons. The molecule has 0 aromatic heterocycles. The smallest absolute Gasteiger partial charge is 0.156 e. The second-order valence-corrected chi connectivity index (χ2v) is 9.08. The minimum absolute atomic E-state index is 0.0903. The van der Waals surface area contributed by atoms with Crippen molar-refractivity contribution in [2.45, 2.75) is 52.2 Å². The maximum absolute atomic E-state index is 11.9. The molecule has 0 rings (SSSR count). The van der Waals surface area contributed by atoms with E-state index in [1.807, 2.05) is 0 Å². The van der Waals surface area contributed by atoms with Crippen LogP contribution in [0.5, 0.6) is 0 Å². The van der Waals surface area contributed by atoms with Crippen LogP contribution < -0.4 is 5.32 Å². The monoisotopic (exact) mass is 297 g/mol. The van der Waals surface area contributed by atoms with Gasteiger partial charge in [0, 0.05) is 19.0 Å². The SMILES string of the molecule is CCC(CC)(CCl)CNCCS(=O)(=O)C(C)(C)C. The molecule has 1 N–H and O–H groups in total. The second kappa shape index (κ2) is 7.11. The molecule has 0 aliphatic rings. The van der Waals surface area contributed by atoms with Gasteiger partial charge in [-0.25, -0.2) is 8.42 Å². The van der Waals surface area contributed by atoms with Crippen LogP contribution in [0.15, 0.2) is 0 Å². The normalized spacial score (nSPS) is 13.9. The van der Waals surface area contributed by atoms with Gasteiger partial charge in [-0.05, 0) is 39.0 Å². The van der Waals surface area contributed by atoms with Gasteiger partial charge in [-0.3, -0.25) is 0 Å². The lowest BCUT2D eigenvalue weighted by Crippen LogP contribution is -2.39. The highest BCUT2D eigenvalue weighted by Crippen LogP contribution is 2.26.